The molecule has 0 radical (unpaired) electrons. The Morgan fingerprint density at radius 2 is 1.72 bits per heavy atom. The van der Waals surface area contributed by atoms with Crippen molar-refractivity contribution in [3.63, 3.8) is 0 Å². The number of nitrogens with one attached hydrogen (secondary N) is 1. The highest BCUT2D eigenvalue weighted by atomic mass is 16.3. The topological polar surface area (TPSA) is 74.2 Å². The average Bonchev–Trinajstić information content (AvgIpc) is 2.64. The van der Waals surface area contributed by atoms with Crippen molar-refractivity contribution in [2.75, 3.05) is 11.9 Å². The quantitative estimate of drug-likeness (QED) is 0.699. The molecule has 1 saturated heterocycles. The fourth-order valence-electron chi connectivity index (χ4n) is 4.72. The summed E-state index contributed by atoms with van der Waals surface area (Å²) in [5, 5.41) is 25.0. The van der Waals surface area contributed by atoms with E-state index in [0.29, 0.717) is 17.3 Å². The molecule has 6 nitrogen and oxygen atoms in total. The summed E-state index contributed by atoms with van der Waals surface area (Å²) in [5.41, 5.74) is 1.45. The first-order valence-electron chi connectivity index (χ1n) is 10.1. The van der Waals surface area contributed by atoms with E-state index in [-0.39, 0.29) is 16.8 Å². The number of aromatic hydroxyl groups is 1. The van der Waals surface area contributed by atoms with Crippen molar-refractivity contribution in [2.45, 2.75) is 57.7 Å². The molecule has 0 aliphatic carbocycles. The second-order valence-electron chi connectivity index (χ2n) is 9.43. The van der Waals surface area contributed by atoms with Gasteiger partial charge in [0.2, 0.25) is 0 Å². The number of anilines is 1. The lowest BCUT2D eigenvalue weighted by molar-refractivity contribution is 0.160. The Morgan fingerprint density at radius 3 is 2.38 bits per heavy atom. The zero-order valence-corrected chi connectivity index (χ0v) is 17.8. The minimum absolute atomic E-state index is 0.0684. The standard InChI is InChI=1S/C23H29N5O/c1-22(2)12-17(13-23(3,4)27-22)28(5)21-7-6-19(25-26-21)18-10-16-14-24-9-8-15(16)11-20(18)29/h6-11,14,17,27,29H,12-13H2,1-5H3. The number of fused-ring (bicyclic) bond motifs is 1. The van der Waals surface area contributed by atoms with Crippen LogP contribution in [0.5, 0.6) is 5.75 Å². The fraction of sp³-hybridized carbons (Fsp3) is 0.435. The lowest BCUT2D eigenvalue weighted by Gasteiger charge is -2.49. The van der Waals surface area contributed by atoms with Gasteiger partial charge in [-0.2, -0.15) is 0 Å². The first kappa shape index (κ1) is 19.6. The lowest BCUT2D eigenvalue weighted by atomic mass is 9.79. The van der Waals surface area contributed by atoms with Crippen molar-refractivity contribution in [1.29, 1.82) is 0 Å². The van der Waals surface area contributed by atoms with Crippen molar-refractivity contribution < 1.29 is 5.11 Å². The lowest BCUT2D eigenvalue weighted by Crippen LogP contribution is -2.62. The first-order valence-corrected chi connectivity index (χ1v) is 10.1. The summed E-state index contributed by atoms with van der Waals surface area (Å²) in [4.78, 5) is 6.39. The third-order valence-electron chi connectivity index (χ3n) is 5.76. The molecule has 1 aliphatic heterocycles. The van der Waals surface area contributed by atoms with Crippen LogP contribution in [0, 0.1) is 0 Å². The number of rotatable bonds is 3. The van der Waals surface area contributed by atoms with Gasteiger partial charge in [0, 0.05) is 47.5 Å². The number of hydrogen-bond acceptors (Lipinski definition) is 6. The molecule has 1 fully saturated rings. The number of pyridine rings is 1. The molecule has 2 aromatic heterocycles. The Kier molecular flexibility index (Phi) is 4.69. The van der Waals surface area contributed by atoms with E-state index >= 15 is 0 Å². The number of piperidine rings is 1. The van der Waals surface area contributed by atoms with Gasteiger partial charge in [-0.3, -0.25) is 4.98 Å². The summed E-state index contributed by atoms with van der Waals surface area (Å²) in [7, 11) is 2.09. The number of hydrogen-bond donors (Lipinski definition) is 2. The van der Waals surface area contributed by atoms with Crippen LogP contribution in [0.4, 0.5) is 5.82 Å². The van der Waals surface area contributed by atoms with Crippen LogP contribution in [0.3, 0.4) is 0 Å². The maximum Gasteiger partial charge on any atom is 0.151 e. The van der Waals surface area contributed by atoms with Gasteiger partial charge in [-0.05, 0) is 76.3 Å². The van der Waals surface area contributed by atoms with Crippen molar-refractivity contribution in [1.82, 2.24) is 20.5 Å². The highest BCUT2D eigenvalue weighted by Crippen LogP contribution is 2.34. The van der Waals surface area contributed by atoms with Gasteiger partial charge >= 0.3 is 0 Å². The zero-order valence-electron chi connectivity index (χ0n) is 17.8. The molecule has 1 aromatic carbocycles. The minimum atomic E-state index is 0.0684. The number of aromatic nitrogens is 3. The normalized spacial score (nSPS) is 18.7. The van der Waals surface area contributed by atoms with Crippen LogP contribution in [0.2, 0.25) is 0 Å². The molecule has 0 saturated carbocycles. The number of nitrogens with zero attached hydrogens (tertiary/aromatic N) is 4. The summed E-state index contributed by atoms with van der Waals surface area (Å²) in [6.45, 7) is 9.00. The van der Waals surface area contributed by atoms with Crippen molar-refractivity contribution in [3.05, 3.63) is 42.7 Å². The maximum atomic E-state index is 10.5. The zero-order chi connectivity index (χ0) is 20.8. The summed E-state index contributed by atoms with van der Waals surface area (Å²) in [6.07, 6.45) is 5.58. The smallest absolute Gasteiger partial charge is 0.151 e. The van der Waals surface area contributed by atoms with Crippen LogP contribution in [-0.2, 0) is 0 Å². The monoisotopic (exact) mass is 391 g/mol. The predicted molar refractivity (Wildman–Crippen MR) is 117 cm³/mol. The molecule has 0 bridgehead atoms. The van der Waals surface area contributed by atoms with Crippen LogP contribution in [0.15, 0.2) is 42.7 Å². The van der Waals surface area contributed by atoms with Crippen molar-refractivity contribution >= 4 is 16.6 Å². The largest absolute Gasteiger partial charge is 0.507 e. The molecular formula is C23H29N5O. The van der Waals surface area contributed by atoms with Gasteiger partial charge in [0.15, 0.2) is 5.82 Å². The molecule has 0 atom stereocenters. The average molecular weight is 392 g/mol. The Hall–Kier alpha value is -2.73. The van der Waals surface area contributed by atoms with E-state index in [4.69, 9.17) is 0 Å². The van der Waals surface area contributed by atoms with Gasteiger partial charge in [0.05, 0.1) is 5.69 Å². The van der Waals surface area contributed by atoms with Gasteiger partial charge in [0.25, 0.3) is 0 Å². The molecule has 6 heteroatoms. The van der Waals surface area contributed by atoms with Crippen molar-refractivity contribution in [2.24, 2.45) is 0 Å². The van der Waals surface area contributed by atoms with E-state index in [9.17, 15) is 5.11 Å². The number of phenolic OH excluding ortho intramolecular Hbond substituents is 1. The van der Waals surface area contributed by atoms with Gasteiger partial charge in [-0.25, -0.2) is 0 Å². The molecule has 152 valence electrons. The number of benzene rings is 1. The first-order chi connectivity index (χ1) is 13.6. The Bertz CT molecular complexity index is 1010. The third-order valence-corrected chi connectivity index (χ3v) is 5.76. The van der Waals surface area contributed by atoms with E-state index in [1.54, 1.807) is 18.5 Å². The molecule has 1 aliphatic rings. The molecule has 29 heavy (non-hydrogen) atoms. The number of phenols is 1. The van der Waals surface area contributed by atoms with E-state index in [1.807, 2.05) is 24.3 Å². The molecule has 3 heterocycles. The summed E-state index contributed by atoms with van der Waals surface area (Å²) >= 11 is 0. The van der Waals surface area contributed by atoms with Gasteiger partial charge in [0.1, 0.15) is 5.75 Å². The molecule has 0 amide bonds. The summed E-state index contributed by atoms with van der Waals surface area (Å²) in [6, 6.07) is 9.81. The van der Waals surface area contributed by atoms with Gasteiger partial charge < -0.3 is 15.3 Å². The Labute approximate surface area is 172 Å². The molecular weight excluding hydrogens is 362 g/mol. The van der Waals surface area contributed by atoms with E-state index < -0.39 is 0 Å². The van der Waals surface area contributed by atoms with Gasteiger partial charge in [-0.1, -0.05) is 0 Å². The van der Waals surface area contributed by atoms with Crippen LogP contribution in [0.1, 0.15) is 40.5 Å². The summed E-state index contributed by atoms with van der Waals surface area (Å²) in [5.74, 6) is 1.04. The molecule has 2 N–H and O–H groups in total. The molecule has 3 aromatic rings. The molecule has 0 unspecified atom stereocenters. The van der Waals surface area contributed by atoms with Crippen LogP contribution >= 0.6 is 0 Å². The van der Waals surface area contributed by atoms with Crippen LogP contribution in [-0.4, -0.2) is 44.5 Å². The van der Waals surface area contributed by atoms with E-state index in [1.165, 1.54) is 0 Å². The fourth-order valence-corrected chi connectivity index (χ4v) is 4.72. The summed E-state index contributed by atoms with van der Waals surface area (Å²) < 4.78 is 0. The second kappa shape index (κ2) is 6.95. The van der Waals surface area contributed by atoms with Gasteiger partial charge in [-0.15, -0.1) is 10.2 Å². The van der Waals surface area contributed by atoms with Crippen LogP contribution in [0.25, 0.3) is 22.0 Å². The molecule has 4 rings (SSSR count). The predicted octanol–water partition coefficient (Wildman–Crippen LogP) is 4.14. The van der Waals surface area contributed by atoms with E-state index in [2.05, 4.69) is 60.1 Å². The highest BCUT2D eigenvalue weighted by Gasteiger charge is 2.39. The Balaban J connectivity index is 1.60. The minimum Gasteiger partial charge on any atom is -0.507 e. The molecule has 0 spiro atoms. The van der Waals surface area contributed by atoms with E-state index in [0.717, 1.165) is 29.4 Å². The third kappa shape index (κ3) is 4.03. The van der Waals surface area contributed by atoms with Crippen molar-refractivity contribution in [3.8, 4) is 17.0 Å². The SMILES string of the molecule is CN(c1ccc(-c2cc3cnccc3cc2O)nn1)C1CC(C)(C)NC(C)(C)C1. The maximum absolute atomic E-state index is 10.5. The highest BCUT2D eigenvalue weighted by molar-refractivity contribution is 5.89. The Morgan fingerprint density at radius 1 is 1.00 bits per heavy atom. The van der Waals surface area contributed by atoms with Crippen LogP contribution < -0.4 is 10.2 Å². The second-order valence-corrected chi connectivity index (χ2v) is 9.43.